The van der Waals surface area contributed by atoms with Crippen molar-refractivity contribution >= 4 is 5.91 Å². The molecule has 0 aromatic heterocycles. The molecule has 2 saturated carbocycles. The molecule has 4 fully saturated rings. The number of fused-ring (bicyclic) bond motifs is 1. The van der Waals surface area contributed by atoms with E-state index in [1.165, 1.54) is 25.7 Å². The maximum absolute atomic E-state index is 12.1. The molecule has 6 heteroatoms. The van der Waals surface area contributed by atoms with Crippen LogP contribution in [0.4, 0.5) is 0 Å². The Morgan fingerprint density at radius 2 is 1.88 bits per heavy atom. The molecule has 142 valence electrons. The highest BCUT2D eigenvalue weighted by Gasteiger charge is 2.39. The predicted molar refractivity (Wildman–Crippen MR) is 93.2 cm³/mol. The van der Waals surface area contributed by atoms with Crippen LogP contribution in [0.5, 0.6) is 0 Å². The van der Waals surface area contributed by atoms with Gasteiger partial charge in [-0.2, -0.15) is 0 Å². The van der Waals surface area contributed by atoms with E-state index in [9.17, 15) is 9.90 Å². The van der Waals surface area contributed by atoms with Crippen molar-refractivity contribution in [2.24, 2.45) is 11.8 Å². The number of ether oxygens (including phenoxy) is 2. The van der Waals surface area contributed by atoms with Gasteiger partial charge in [-0.15, -0.1) is 0 Å². The van der Waals surface area contributed by atoms with Crippen molar-refractivity contribution in [1.29, 1.82) is 0 Å². The van der Waals surface area contributed by atoms with Crippen LogP contribution in [0.2, 0.25) is 0 Å². The van der Waals surface area contributed by atoms with Crippen molar-refractivity contribution in [3.05, 3.63) is 0 Å². The van der Waals surface area contributed by atoms with E-state index in [0.29, 0.717) is 38.1 Å². The zero-order valence-electron chi connectivity index (χ0n) is 15.1. The first kappa shape index (κ1) is 17.7. The Hall–Kier alpha value is -0.690. The lowest BCUT2D eigenvalue weighted by Gasteiger charge is -2.44. The number of carbonyl (C=O) groups excluding carboxylic acids is 1. The first-order valence-electron chi connectivity index (χ1n) is 10.1. The second kappa shape index (κ2) is 7.91. The first-order valence-corrected chi connectivity index (χ1v) is 10.1. The lowest BCUT2D eigenvalue weighted by Crippen LogP contribution is -2.56. The van der Waals surface area contributed by atoms with E-state index in [4.69, 9.17) is 9.47 Å². The minimum atomic E-state index is -0.411. The molecule has 25 heavy (non-hydrogen) atoms. The predicted octanol–water partition coefficient (Wildman–Crippen LogP) is 0.922. The fourth-order valence-corrected chi connectivity index (χ4v) is 4.15. The molecule has 0 bridgehead atoms. The lowest BCUT2D eigenvalue weighted by molar-refractivity contribution is -0.157. The summed E-state index contributed by atoms with van der Waals surface area (Å²) in [6, 6.07) is 0.307. The van der Waals surface area contributed by atoms with Gasteiger partial charge in [-0.25, -0.2) is 0 Å². The van der Waals surface area contributed by atoms with Crippen LogP contribution in [0.15, 0.2) is 0 Å². The zero-order valence-corrected chi connectivity index (χ0v) is 15.1. The maximum atomic E-state index is 12.1. The van der Waals surface area contributed by atoms with Gasteiger partial charge in [0.2, 0.25) is 5.91 Å². The summed E-state index contributed by atoms with van der Waals surface area (Å²) in [7, 11) is 0. The molecular formula is C19H32N2O4. The molecule has 2 N–H and O–H groups in total. The number of β-amino-alcohol motifs (C(OH)–C–C–N with tert-alkyl or cyclic N) is 1. The maximum Gasteiger partial charge on any atom is 0.222 e. The molecule has 2 heterocycles. The van der Waals surface area contributed by atoms with Gasteiger partial charge in [0.25, 0.3) is 0 Å². The molecule has 2 aliphatic heterocycles. The van der Waals surface area contributed by atoms with E-state index >= 15 is 0 Å². The summed E-state index contributed by atoms with van der Waals surface area (Å²) in [6.45, 7) is 3.46. The number of carbonyl (C=O) groups is 1. The van der Waals surface area contributed by atoms with Crippen LogP contribution < -0.4 is 5.32 Å². The molecule has 0 aromatic rings. The second-order valence-corrected chi connectivity index (χ2v) is 8.48. The van der Waals surface area contributed by atoms with Gasteiger partial charge in [-0.1, -0.05) is 0 Å². The van der Waals surface area contributed by atoms with Gasteiger partial charge >= 0.3 is 0 Å². The summed E-state index contributed by atoms with van der Waals surface area (Å²) in [5.74, 6) is 1.62. The van der Waals surface area contributed by atoms with E-state index < -0.39 is 6.10 Å². The Kier molecular flexibility index (Phi) is 5.60. The van der Waals surface area contributed by atoms with Crippen LogP contribution in [0, 0.1) is 11.8 Å². The van der Waals surface area contributed by atoms with Gasteiger partial charge in [0.15, 0.2) is 0 Å². The van der Waals surface area contributed by atoms with E-state index in [2.05, 4.69) is 10.2 Å². The smallest absolute Gasteiger partial charge is 0.222 e. The van der Waals surface area contributed by atoms with E-state index in [0.717, 1.165) is 31.8 Å². The minimum absolute atomic E-state index is 0.00354. The van der Waals surface area contributed by atoms with Crippen molar-refractivity contribution < 1.29 is 19.4 Å². The summed E-state index contributed by atoms with van der Waals surface area (Å²) in [4.78, 5) is 14.6. The number of aliphatic hydroxyl groups excluding tert-OH is 1. The van der Waals surface area contributed by atoms with Crippen molar-refractivity contribution in [1.82, 2.24) is 10.2 Å². The number of aliphatic hydroxyl groups is 1. The quantitative estimate of drug-likeness (QED) is 0.744. The molecule has 4 rings (SSSR count). The Morgan fingerprint density at radius 1 is 1.08 bits per heavy atom. The van der Waals surface area contributed by atoms with Crippen LogP contribution in [0.1, 0.15) is 44.9 Å². The Balaban J connectivity index is 1.31. The van der Waals surface area contributed by atoms with Gasteiger partial charge in [0.1, 0.15) is 0 Å². The molecule has 2 saturated heterocycles. The standard InChI is InChI=1S/C19H32N2O4/c22-15-10-21(9-14-3-4-14)17-6-5-16(25-18(17)12-24-11-15)7-19(23)20-8-13-1-2-13/h13-18,22H,1-12H2,(H,20,23)/t15-,16+,17+,18-/m1/s1. The third-order valence-corrected chi connectivity index (χ3v) is 5.97. The van der Waals surface area contributed by atoms with Crippen LogP contribution in [0.3, 0.4) is 0 Å². The molecule has 6 nitrogen and oxygen atoms in total. The third-order valence-electron chi connectivity index (χ3n) is 5.97. The molecule has 0 aromatic carbocycles. The van der Waals surface area contributed by atoms with Gasteiger partial charge in [-0.3, -0.25) is 9.69 Å². The molecular weight excluding hydrogens is 320 g/mol. The average Bonchev–Trinajstić information content (AvgIpc) is 3.46. The van der Waals surface area contributed by atoms with Crippen molar-refractivity contribution in [2.75, 3.05) is 32.8 Å². The second-order valence-electron chi connectivity index (χ2n) is 8.48. The molecule has 1 amide bonds. The highest BCUT2D eigenvalue weighted by Crippen LogP contribution is 2.34. The lowest BCUT2D eigenvalue weighted by atomic mass is 9.94. The molecule has 0 radical (unpaired) electrons. The van der Waals surface area contributed by atoms with Crippen LogP contribution in [0.25, 0.3) is 0 Å². The molecule has 4 atom stereocenters. The van der Waals surface area contributed by atoms with Gasteiger partial charge in [-0.05, 0) is 50.4 Å². The number of hydrogen-bond donors (Lipinski definition) is 2. The summed E-state index contributed by atoms with van der Waals surface area (Å²) in [5, 5.41) is 13.2. The number of nitrogens with one attached hydrogen (secondary N) is 1. The third kappa shape index (κ3) is 5.16. The molecule has 0 spiro atoms. The number of amides is 1. The summed E-state index contributed by atoms with van der Waals surface area (Å²) < 4.78 is 11.9. The van der Waals surface area contributed by atoms with Crippen LogP contribution in [-0.4, -0.2) is 73.1 Å². The highest BCUT2D eigenvalue weighted by molar-refractivity contribution is 5.76. The Labute approximate surface area is 150 Å². The first-order chi connectivity index (χ1) is 12.2. The monoisotopic (exact) mass is 352 g/mol. The van der Waals surface area contributed by atoms with E-state index in [1.54, 1.807) is 0 Å². The number of rotatable bonds is 6. The molecule has 0 unspecified atom stereocenters. The Bertz CT molecular complexity index is 466. The number of nitrogens with zero attached hydrogens (tertiary/aromatic N) is 1. The summed E-state index contributed by atoms with van der Waals surface area (Å²) in [6.07, 6.45) is 7.12. The zero-order chi connectivity index (χ0) is 17.2. The van der Waals surface area contributed by atoms with Crippen molar-refractivity contribution in [2.45, 2.75) is 69.3 Å². The average molecular weight is 352 g/mol. The van der Waals surface area contributed by atoms with Crippen molar-refractivity contribution in [3.8, 4) is 0 Å². The normalized spacial score (nSPS) is 37.0. The van der Waals surface area contributed by atoms with Gasteiger partial charge in [0.05, 0.1) is 37.9 Å². The molecule has 2 aliphatic carbocycles. The van der Waals surface area contributed by atoms with Crippen LogP contribution >= 0.6 is 0 Å². The van der Waals surface area contributed by atoms with Gasteiger partial charge < -0.3 is 19.9 Å². The fraction of sp³-hybridized carbons (Fsp3) is 0.947. The molecule has 4 aliphatic rings. The van der Waals surface area contributed by atoms with Crippen molar-refractivity contribution in [3.63, 3.8) is 0 Å². The summed E-state index contributed by atoms with van der Waals surface area (Å²) in [5.41, 5.74) is 0. The largest absolute Gasteiger partial charge is 0.389 e. The fourth-order valence-electron chi connectivity index (χ4n) is 4.15. The topological polar surface area (TPSA) is 71.0 Å². The minimum Gasteiger partial charge on any atom is -0.389 e. The van der Waals surface area contributed by atoms with E-state index in [1.807, 2.05) is 0 Å². The Morgan fingerprint density at radius 3 is 2.64 bits per heavy atom. The SMILES string of the molecule is O=C(C[C@@H]1CC[C@H]2[C@@H](COC[C@H](O)CN2CC2CC2)O1)NCC1CC1. The van der Waals surface area contributed by atoms with Gasteiger partial charge in [0, 0.05) is 25.7 Å². The highest BCUT2D eigenvalue weighted by atomic mass is 16.5. The van der Waals surface area contributed by atoms with E-state index in [-0.39, 0.29) is 18.1 Å². The number of hydrogen-bond acceptors (Lipinski definition) is 5. The van der Waals surface area contributed by atoms with Crippen LogP contribution in [-0.2, 0) is 14.3 Å². The summed E-state index contributed by atoms with van der Waals surface area (Å²) >= 11 is 0.